The van der Waals surface area contributed by atoms with Gasteiger partial charge in [-0.1, -0.05) is 13.3 Å². The van der Waals surface area contributed by atoms with E-state index in [4.69, 9.17) is 5.11 Å². The zero-order valence-electron chi connectivity index (χ0n) is 8.96. The van der Waals surface area contributed by atoms with Gasteiger partial charge in [-0.25, -0.2) is 0 Å². The fraction of sp³-hybridized carbons (Fsp3) is 0.667. The van der Waals surface area contributed by atoms with Crippen molar-refractivity contribution in [2.45, 2.75) is 33.6 Å². The van der Waals surface area contributed by atoms with Crippen LogP contribution >= 0.6 is 0 Å². The van der Waals surface area contributed by atoms with Crippen molar-refractivity contribution >= 4 is 11.8 Å². The van der Waals surface area contributed by atoms with Gasteiger partial charge in [0, 0.05) is 0 Å². The van der Waals surface area contributed by atoms with Crippen LogP contribution in [0.15, 0.2) is 0 Å². The van der Waals surface area contributed by atoms with Crippen LogP contribution in [0.2, 0.25) is 0 Å². The molecule has 0 aromatic carbocycles. The van der Waals surface area contributed by atoms with E-state index in [1.807, 2.05) is 0 Å². The number of carbonyl (C=O) groups is 2. The summed E-state index contributed by atoms with van der Waals surface area (Å²) in [7, 11) is 0. The summed E-state index contributed by atoms with van der Waals surface area (Å²) < 4.78 is 0. The van der Waals surface area contributed by atoms with E-state index in [-0.39, 0.29) is 24.6 Å². The molecule has 4 heteroatoms. The summed E-state index contributed by atoms with van der Waals surface area (Å²) in [5.74, 6) is -2.22. The number of ketones is 1. The van der Waals surface area contributed by atoms with Gasteiger partial charge in [0.25, 0.3) is 0 Å². The van der Waals surface area contributed by atoms with Crippen LogP contribution < -0.4 is 18.9 Å². The quantitative estimate of drug-likeness (QED) is 0.341. The SMILES string of the molecule is CC(=O)C(C)C(=O)O.[CH2-]CCC.[Li+]. The molecule has 0 aliphatic rings. The summed E-state index contributed by atoms with van der Waals surface area (Å²) in [5, 5.41) is 8.13. The topological polar surface area (TPSA) is 54.4 Å². The van der Waals surface area contributed by atoms with E-state index in [1.165, 1.54) is 20.3 Å². The monoisotopic (exact) mass is 180 g/mol. The van der Waals surface area contributed by atoms with Gasteiger partial charge in [-0.15, -0.1) is 0 Å². The molecule has 0 bridgehead atoms. The van der Waals surface area contributed by atoms with E-state index in [2.05, 4.69) is 13.8 Å². The molecule has 13 heavy (non-hydrogen) atoms. The largest absolute Gasteiger partial charge is 1.00 e. The van der Waals surface area contributed by atoms with Gasteiger partial charge in [0.1, 0.15) is 11.7 Å². The molecule has 3 nitrogen and oxygen atoms in total. The van der Waals surface area contributed by atoms with Crippen molar-refractivity contribution in [2.24, 2.45) is 5.92 Å². The van der Waals surface area contributed by atoms with Gasteiger partial charge >= 0.3 is 24.8 Å². The van der Waals surface area contributed by atoms with Crippen molar-refractivity contribution in [3.05, 3.63) is 6.92 Å². The van der Waals surface area contributed by atoms with Crippen molar-refractivity contribution in [2.75, 3.05) is 0 Å². The minimum Gasteiger partial charge on any atom is -0.481 e. The van der Waals surface area contributed by atoms with Crippen molar-refractivity contribution in [1.82, 2.24) is 0 Å². The second kappa shape index (κ2) is 11.7. The predicted octanol–water partition coefficient (Wildman–Crippen LogP) is -1.08. The Balaban J connectivity index is -0.000000173. The molecule has 0 rings (SSSR count). The van der Waals surface area contributed by atoms with Crippen LogP contribution in [0, 0.1) is 12.8 Å². The number of rotatable bonds is 3. The first kappa shape index (κ1) is 18.5. The van der Waals surface area contributed by atoms with Crippen LogP contribution in [0.1, 0.15) is 33.6 Å². The van der Waals surface area contributed by atoms with Gasteiger partial charge in [-0.2, -0.15) is 6.42 Å². The number of carbonyl (C=O) groups excluding carboxylic acids is 1. The van der Waals surface area contributed by atoms with E-state index in [0.29, 0.717) is 0 Å². The summed E-state index contributed by atoms with van der Waals surface area (Å²) in [4.78, 5) is 20.1. The van der Waals surface area contributed by atoms with Crippen LogP contribution in [0.5, 0.6) is 0 Å². The number of hydrogen-bond acceptors (Lipinski definition) is 2. The van der Waals surface area contributed by atoms with Crippen LogP contribution in [-0.4, -0.2) is 16.9 Å². The minimum absolute atomic E-state index is 0. The molecule has 0 saturated heterocycles. The number of carboxylic acid groups (broad SMARTS) is 1. The molecule has 0 radical (unpaired) electrons. The second-order valence-corrected chi connectivity index (χ2v) is 2.52. The van der Waals surface area contributed by atoms with Gasteiger partial charge in [0.05, 0.1) is 0 Å². The fourth-order valence-electron chi connectivity index (χ4n) is 0.174. The van der Waals surface area contributed by atoms with E-state index in [0.717, 1.165) is 6.42 Å². The van der Waals surface area contributed by atoms with Gasteiger partial charge < -0.3 is 12.0 Å². The molecule has 0 amide bonds. The van der Waals surface area contributed by atoms with Gasteiger partial charge in [0.2, 0.25) is 0 Å². The summed E-state index contributed by atoms with van der Waals surface area (Å²) in [5.41, 5.74) is 0. The molecule has 0 heterocycles. The molecular formula is C9H17LiO3. The Morgan fingerprint density at radius 3 is 1.77 bits per heavy atom. The van der Waals surface area contributed by atoms with Crippen molar-refractivity contribution in [1.29, 1.82) is 0 Å². The van der Waals surface area contributed by atoms with E-state index >= 15 is 0 Å². The number of carboxylic acids is 1. The average molecular weight is 180 g/mol. The zero-order chi connectivity index (χ0) is 10.1. The third-order valence-electron chi connectivity index (χ3n) is 1.33. The minimum atomic E-state index is -1.06. The number of unbranched alkanes of at least 4 members (excludes halogenated alkanes) is 1. The third kappa shape index (κ3) is 14.6. The van der Waals surface area contributed by atoms with Gasteiger partial charge in [0.15, 0.2) is 0 Å². The van der Waals surface area contributed by atoms with E-state index in [1.54, 1.807) is 0 Å². The Bertz CT molecular complexity index is 130. The zero-order valence-corrected chi connectivity index (χ0v) is 8.96. The summed E-state index contributed by atoms with van der Waals surface area (Å²) in [6.07, 6.45) is 2.28. The summed E-state index contributed by atoms with van der Waals surface area (Å²) in [6.45, 7) is 8.35. The normalized spacial score (nSPS) is 10.2. The summed E-state index contributed by atoms with van der Waals surface area (Å²) >= 11 is 0. The smallest absolute Gasteiger partial charge is 0.481 e. The molecule has 0 aromatic rings. The Kier molecular flexibility index (Phi) is 16.7. The number of aliphatic carboxylic acids is 1. The first-order valence-corrected chi connectivity index (χ1v) is 3.99. The first-order valence-electron chi connectivity index (χ1n) is 3.99. The Morgan fingerprint density at radius 1 is 1.46 bits per heavy atom. The van der Waals surface area contributed by atoms with E-state index < -0.39 is 11.9 Å². The molecule has 0 fully saturated rings. The molecule has 0 spiro atoms. The number of hydrogen-bond donors (Lipinski definition) is 1. The fourth-order valence-corrected chi connectivity index (χ4v) is 0.174. The van der Waals surface area contributed by atoms with Crippen LogP contribution in [0.3, 0.4) is 0 Å². The Hall–Kier alpha value is -0.263. The van der Waals surface area contributed by atoms with Gasteiger partial charge in [-0.3, -0.25) is 9.59 Å². The molecule has 1 unspecified atom stereocenters. The molecule has 0 saturated carbocycles. The summed E-state index contributed by atoms with van der Waals surface area (Å²) in [6, 6.07) is 0. The standard InChI is InChI=1S/C5H8O3.C4H9.Li/c1-3(4(2)6)5(7)8;1-3-4-2;/h3H,1-2H3,(H,7,8);1,3-4H2,2H3;/q;-1;+1. The van der Waals surface area contributed by atoms with Crippen molar-refractivity contribution in [3.8, 4) is 0 Å². The Morgan fingerprint density at radius 2 is 1.77 bits per heavy atom. The van der Waals surface area contributed by atoms with Crippen molar-refractivity contribution < 1.29 is 33.6 Å². The maximum Gasteiger partial charge on any atom is 1.00 e. The van der Waals surface area contributed by atoms with Crippen molar-refractivity contribution in [3.63, 3.8) is 0 Å². The van der Waals surface area contributed by atoms with E-state index in [9.17, 15) is 9.59 Å². The first-order chi connectivity index (χ1) is 5.47. The second-order valence-electron chi connectivity index (χ2n) is 2.52. The molecular weight excluding hydrogens is 163 g/mol. The molecule has 1 atom stereocenters. The molecule has 0 aromatic heterocycles. The Labute approximate surface area is 92.1 Å². The van der Waals surface area contributed by atoms with Gasteiger partial charge in [-0.05, 0) is 13.8 Å². The predicted molar refractivity (Wildman–Crippen MR) is 47.7 cm³/mol. The van der Waals surface area contributed by atoms with Crippen LogP contribution in [0.4, 0.5) is 0 Å². The molecule has 0 aliphatic heterocycles. The third-order valence-corrected chi connectivity index (χ3v) is 1.33. The molecule has 72 valence electrons. The molecule has 0 aliphatic carbocycles. The molecule has 1 N–H and O–H groups in total. The maximum atomic E-state index is 10.2. The maximum absolute atomic E-state index is 10.2. The van der Waals surface area contributed by atoms with Crippen LogP contribution in [-0.2, 0) is 9.59 Å². The average Bonchev–Trinajstić information content (AvgIpc) is 2.03. The van der Waals surface area contributed by atoms with Crippen LogP contribution in [0.25, 0.3) is 0 Å². The number of Topliss-reactive ketones (excluding diaryl/α,β-unsaturated/α-hetero) is 1.